The second-order valence-electron chi connectivity index (χ2n) is 2.47. The van der Waals surface area contributed by atoms with Gasteiger partial charge in [0.1, 0.15) is 0 Å². The molecule has 0 rings (SSSR count). The molecule has 72 valence electrons. The summed E-state index contributed by atoms with van der Waals surface area (Å²) < 4.78 is 0. The predicted octanol–water partition coefficient (Wildman–Crippen LogP) is -0.855. The van der Waals surface area contributed by atoms with Gasteiger partial charge in [-0.15, -0.1) is 0 Å². The van der Waals surface area contributed by atoms with Gasteiger partial charge in [0.25, 0.3) is 0 Å². The van der Waals surface area contributed by atoms with Crippen LogP contribution in [0.1, 0.15) is 13.8 Å². The van der Waals surface area contributed by atoms with Crippen molar-refractivity contribution >= 4 is 17.1 Å². The Hall–Kier alpha value is -0.0700. The zero-order valence-electron chi connectivity index (χ0n) is 7.63. The van der Waals surface area contributed by atoms with Crippen molar-refractivity contribution in [3.05, 3.63) is 0 Å². The Morgan fingerprint density at radius 2 is 1.50 bits per heavy atom. The van der Waals surface area contributed by atoms with Gasteiger partial charge in [-0.3, -0.25) is 10.6 Å². The van der Waals surface area contributed by atoms with Crippen molar-refractivity contribution < 1.29 is 0 Å². The zero-order chi connectivity index (χ0) is 9.56. The van der Waals surface area contributed by atoms with Crippen LogP contribution in [0.5, 0.6) is 0 Å². The van der Waals surface area contributed by atoms with E-state index in [1.165, 1.54) is 0 Å². The van der Waals surface area contributed by atoms with Crippen LogP contribution in [0.3, 0.4) is 0 Å². The summed E-state index contributed by atoms with van der Waals surface area (Å²) in [5, 5.41) is 6.00. The van der Waals surface area contributed by atoms with Crippen molar-refractivity contribution in [3.63, 3.8) is 0 Å². The summed E-state index contributed by atoms with van der Waals surface area (Å²) in [4.78, 5) is 0.624. The lowest BCUT2D eigenvalue weighted by atomic mass is 10.3. The van der Waals surface area contributed by atoms with E-state index in [-0.39, 0.29) is 12.3 Å². The van der Waals surface area contributed by atoms with Gasteiger partial charge in [-0.1, -0.05) is 26.1 Å². The summed E-state index contributed by atoms with van der Waals surface area (Å²) in [6, 6.07) is 0. The van der Waals surface area contributed by atoms with Gasteiger partial charge in [0, 0.05) is 0 Å². The molecule has 12 heavy (non-hydrogen) atoms. The highest BCUT2D eigenvalue weighted by Crippen LogP contribution is 1.85. The van der Waals surface area contributed by atoms with Gasteiger partial charge >= 0.3 is 0 Å². The number of thiocarbonyl (C=S) groups is 1. The Labute approximate surface area is 79.1 Å². The maximum Gasteiger partial charge on any atom is 0.0903 e. The highest BCUT2D eigenvalue weighted by atomic mass is 32.1. The summed E-state index contributed by atoms with van der Waals surface area (Å²) in [6.45, 7) is 5.53. The molecule has 0 saturated heterocycles. The molecule has 0 amide bonds. The average molecular weight is 190 g/mol. The molecule has 0 aromatic rings. The third kappa shape index (κ3) is 4.08. The maximum atomic E-state index is 5.69. The molecule has 0 fully saturated rings. The second-order valence-corrected chi connectivity index (χ2v) is 2.94. The molecule has 2 atom stereocenters. The van der Waals surface area contributed by atoms with Gasteiger partial charge in [0.05, 0.1) is 17.2 Å². The van der Waals surface area contributed by atoms with Gasteiger partial charge < -0.3 is 11.5 Å². The molecule has 4 nitrogen and oxygen atoms in total. The van der Waals surface area contributed by atoms with Crippen molar-refractivity contribution in [1.29, 1.82) is 0 Å². The van der Waals surface area contributed by atoms with E-state index < -0.39 is 0 Å². The molecular formula is C7H18N4S. The highest BCUT2D eigenvalue weighted by molar-refractivity contribution is 7.80. The summed E-state index contributed by atoms with van der Waals surface area (Å²) in [5.41, 5.74) is 11.4. The van der Waals surface area contributed by atoms with Gasteiger partial charge in [-0.05, 0) is 13.1 Å². The predicted molar refractivity (Wildman–Crippen MR) is 55.9 cm³/mol. The van der Waals surface area contributed by atoms with Gasteiger partial charge in [0.2, 0.25) is 0 Å². The minimum absolute atomic E-state index is 0.293. The second kappa shape index (κ2) is 6.45. The zero-order valence-corrected chi connectivity index (χ0v) is 8.45. The molecule has 0 heterocycles. The normalized spacial score (nSPS) is 15.7. The van der Waals surface area contributed by atoms with E-state index in [1.54, 1.807) is 0 Å². The van der Waals surface area contributed by atoms with Crippen LogP contribution in [0.25, 0.3) is 0 Å². The van der Waals surface area contributed by atoms with Crippen LogP contribution >= 0.6 is 12.2 Å². The first-order chi connectivity index (χ1) is 5.63. The fourth-order valence-corrected chi connectivity index (χ4v) is 1.00. The molecule has 0 aromatic heterocycles. The fourth-order valence-electron chi connectivity index (χ4n) is 0.834. The van der Waals surface area contributed by atoms with Crippen molar-refractivity contribution in [2.75, 3.05) is 13.1 Å². The van der Waals surface area contributed by atoms with Crippen LogP contribution in [-0.2, 0) is 0 Å². The van der Waals surface area contributed by atoms with Gasteiger partial charge in [-0.25, -0.2) is 0 Å². The Bertz CT molecular complexity index is 125. The molecule has 0 aromatic carbocycles. The van der Waals surface area contributed by atoms with Crippen molar-refractivity contribution in [3.8, 4) is 0 Å². The standard InChI is InChI=1S/C7H18N4S/c1-3-10-6(8)5(12)7(9)11-4-2/h6-7,10-11H,3-4,8-9H2,1-2H3. The summed E-state index contributed by atoms with van der Waals surface area (Å²) in [7, 11) is 0. The molecular weight excluding hydrogens is 172 g/mol. The molecule has 0 spiro atoms. The monoisotopic (exact) mass is 190 g/mol. The first-order valence-electron chi connectivity index (χ1n) is 4.15. The molecule has 0 saturated carbocycles. The molecule has 0 bridgehead atoms. The lowest BCUT2D eigenvalue weighted by molar-refractivity contribution is 0.609. The maximum absolute atomic E-state index is 5.69. The van der Waals surface area contributed by atoms with E-state index in [4.69, 9.17) is 23.7 Å². The molecule has 2 unspecified atom stereocenters. The fraction of sp³-hybridized carbons (Fsp3) is 0.857. The number of nitrogens with two attached hydrogens (primary N) is 2. The SMILES string of the molecule is CCNC(N)C(=S)C(N)NCC. The first kappa shape index (κ1) is 11.9. The van der Waals surface area contributed by atoms with Crippen molar-refractivity contribution in [2.24, 2.45) is 11.5 Å². The summed E-state index contributed by atoms with van der Waals surface area (Å²) >= 11 is 5.06. The van der Waals surface area contributed by atoms with E-state index in [9.17, 15) is 0 Å². The van der Waals surface area contributed by atoms with E-state index >= 15 is 0 Å². The molecule has 0 radical (unpaired) electrons. The van der Waals surface area contributed by atoms with E-state index in [1.807, 2.05) is 13.8 Å². The van der Waals surface area contributed by atoms with Crippen LogP contribution in [-0.4, -0.2) is 30.3 Å². The molecule has 0 aliphatic heterocycles. The Morgan fingerprint density at radius 3 is 1.75 bits per heavy atom. The molecule has 6 N–H and O–H groups in total. The van der Waals surface area contributed by atoms with E-state index in [0.717, 1.165) is 13.1 Å². The van der Waals surface area contributed by atoms with E-state index in [0.29, 0.717) is 4.86 Å². The Morgan fingerprint density at radius 1 is 1.17 bits per heavy atom. The van der Waals surface area contributed by atoms with Crippen LogP contribution in [0.15, 0.2) is 0 Å². The number of hydrogen-bond donors (Lipinski definition) is 4. The molecule has 0 aliphatic rings. The van der Waals surface area contributed by atoms with Gasteiger partial charge in [0.15, 0.2) is 0 Å². The lowest BCUT2D eigenvalue weighted by Gasteiger charge is -2.19. The van der Waals surface area contributed by atoms with Crippen LogP contribution < -0.4 is 22.1 Å². The number of rotatable bonds is 6. The Balaban J connectivity index is 3.82. The Kier molecular flexibility index (Phi) is 6.41. The smallest absolute Gasteiger partial charge is 0.0903 e. The van der Waals surface area contributed by atoms with Crippen molar-refractivity contribution in [2.45, 2.75) is 26.2 Å². The van der Waals surface area contributed by atoms with Crippen molar-refractivity contribution in [1.82, 2.24) is 10.6 Å². The quantitative estimate of drug-likeness (QED) is 0.324. The first-order valence-corrected chi connectivity index (χ1v) is 4.56. The highest BCUT2D eigenvalue weighted by Gasteiger charge is 2.13. The minimum Gasteiger partial charge on any atom is -0.312 e. The number of hydrogen-bond acceptors (Lipinski definition) is 5. The van der Waals surface area contributed by atoms with E-state index in [2.05, 4.69) is 10.6 Å². The van der Waals surface area contributed by atoms with Gasteiger partial charge in [-0.2, -0.15) is 0 Å². The lowest BCUT2D eigenvalue weighted by Crippen LogP contribution is -2.55. The largest absolute Gasteiger partial charge is 0.312 e. The molecule has 5 heteroatoms. The number of nitrogens with one attached hydrogen (secondary N) is 2. The average Bonchev–Trinajstić information content (AvgIpc) is 2.04. The third-order valence-corrected chi connectivity index (χ3v) is 1.97. The van der Waals surface area contributed by atoms with Crippen LogP contribution in [0.4, 0.5) is 0 Å². The minimum atomic E-state index is -0.293. The summed E-state index contributed by atoms with van der Waals surface area (Å²) in [6.07, 6.45) is -0.585. The van der Waals surface area contributed by atoms with Crippen LogP contribution in [0.2, 0.25) is 0 Å². The van der Waals surface area contributed by atoms with Crippen LogP contribution in [0, 0.1) is 0 Å². The third-order valence-electron chi connectivity index (χ3n) is 1.46. The topological polar surface area (TPSA) is 76.1 Å². The summed E-state index contributed by atoms with van der Waals surface area (Å²) in [5.74, 6) is 0. The molecule has 0 aliphatic carbocycles.